The minimum absolute atomic E-state index is 0.340. The molecule has 0 bridgehead atoms. The summed E-state index contributed by atoms with van der Waals surface area (Å²) in [6.07, 6.45) is 0.503. The van der Waals surface area contributed by atoms with E-state index < -0.39 is 5.97 Å². The molecule has 19 heavy (non-hydrogen) atoms. The van der Waals surface area contributed by atoms with Crippen LogP contribution >= 0.6 is 0 Å². The fourth-order valence-electron chi connectivity index (χ4n) is 1.88. The van der Waals surface area contributed by atoms with E-state index in [9.17, 15) is 9.59 Å². The van der Waals surface area contributed by atoms with Gasteiger partial charge in [0.05, 0.1) is 5.69 Å². The Morgan fingerprint density at radius 1 is 1.32 bits per heavy atom. The lowest BCUT2D eigenvalue weighted by atomic mass is 10.1. The zero-order valence-electron chi connectivity index (χ0n) is 10.5. The van der Waals surface area contributed by atoms with Gasteiger partial charge >= 0.3 is 5.97 Å². The molecule has 2 aromatic rings. The maximum Gasteiger partial charge on any atom is 0.323 e. The molecule has 0 saturated heterocycles. The first-order valence-corrected chi connectivity index (χ1v) is 5.99. The normalized spacial score (nSPS) is 10.4. The summed E-state index contributed by atoms with van der Waals surface area (Å²) in [5.74, 6) is -0.570. The number of carboxylic acid groups (broad SMARTS) is 1. The number of hydrogen-bond donors (Lipinski definition) is 1. The first-order chi connectivity index (χ1) is 9.11. The molecule has 0 saturated carbocycles. The summed E-state index contributed by atoms with van der Waals surface area (Å²) in [4.78, 5) is 27.1. The van der Waals surface area contributed by atoms with E-state index in [2.05, 4.69) is 4.98 Å². The molecule has 5 heteroatoms. The van der Waals surface area contributed by atoms with Gasteiger partial charge in [-0.2, -0.15) is 0 Å². The predicted octanol–water partition coefficient (Wildman–Crippen LogP) is 1.56. The first-order valence-electron chi connectivity index (χ1n) is 5.99. The van der Waals surface area contributed by atoms with Crippen molar-refractivity contribution in [2.45, 2.75) is 19.9 Å². The second-order valence-electron chi connectivity index (χ2n) is 4.10. The second kappa shape index (κ2) is 5.48. The largest absolute Gasteiger partial charge is 0.480 e. The van der Waals surface area contributed by atoms with E-state index in [1.807, 2.05) is 37.3 Å². The van der Waals surface area contributed by atoms with Gasteiger partial charge in [-0.3, -0.25) is 14.2 Å². The summed E-state index contributed by atoms with van der Waals surface area (Å²) in [5.41, 5.74) is 1.08. The first kappa shape index (κ1) is 13.0. The van der Waals surface area contributed by atoms with E-state index in [0.717, 1.165) is 5.56 Å². The minimum atomic E-state index is -1.05. The van der Waals surface area contributed by atoms with Gasteiger partial charge in [0, 0.05) is 18.1 Å². The number of aliphatic carboxylic acids is 1. The van der Waals surface area contributed by atoms with Gasteiger partial charge in [0.15, 0.2) is 0 Å². The van der Waals surface area contributed by atoms with Crippen LogP contribution in [0.4, 0.5) is 0 Å². The summed E-state index contributed by atoms with van der Waals surface area (Å²) >= 11 is 0. The molecule has 0 amide bonds. The van der Waals surface area contributed by atoms with Crippen molar-refractivity contribution in [3.8, 4) is 11.3 Å². The summed E-state index contributed by atoms with van der Waals surface area (Å²) in [5, 5.41) is 8.81. The number of aromatic nitrogens is 2. The topological polar surface area (TPSA) is 72.2 Å². The molecule has 5 nitrogen and oxygen atoms in total. The van der Waals surface area contributed by atoms with Gasteiger partial charge in [0.1, 0.15) is 12.4 Å². The molecule has 0 aliphatic heterocycles. The standard InChI is InChI=1S/C14H14N2O3/c1-2-12-15-11(10-6-4-3-5-7-10)8-13(17)16(12)9-14(18)19/h3-8H,2,9H2,1H3,(H,18,19). The molecular formula is C14H14N2O3. The summed E-state index contributed by atoms with van der Waals surface area (Å²) in [6, 6.07) is 10.7. The van der Waals surface area contributed by atoms with Crippen LogP contribution in [0.1, 0.15) is 12.7 Å². The van der Waals surface area contributed by atoms with Crippen molar-refractivity contribution in [1.82, 2.24) is 9.55 Å². The van der Waals surface area contributed by atoms with Crippen LogP contribution in [0, 0.1) is 0 Å². The zero-order chi connectivity index (χ0) is 13.8. The van der Waals surface area contributed by atoms with Gasteiger partial charge in [0.25, 0.3) is 5.56 Å². The third kappa shape index (κ3) is 2.88. The summed E-state index contributed by atoms with van der Waals surface area (Å²) in [6.45, 7) is 1.49. The van der Waals surface area contributed by atoms with Gasteiger partial charge in [-0.05, 0) is 0 Å². The third-order valence-corrected chi connectivity index (χ3v) is 2.77. The number of nitrogens with zero attached hydrogens (tertiary/aromatic N) is 2. The monoisotopic (exact) mass is 258 g/mol. The van der Waals surface area contributed by atoms with E-state index >= 15 is 0 Å². The molecule has 1 N–H and O–H groups in total. The van der Waals surface area contributed by atoms with Gasteiger partial charge in [-0.1, -0.05) is 37.3 Å². The fraction of sp³-hybridized carbons (Fsp3) is 0.214. The lowest BCUT2D eigenvalue weighted by Gasteiger charge is -2.10. The predicted molar refractivity (Wildman–Crippen MR) is 70.9 cm³/mol. The summed E-state index contributed by atoms with van der Waals surface area (Å²) in [7, 11) is 0. The fourth-order valence-corrected chi connectivity index (χ4v) is 1.88. The van der Waals surface area contributed by atoms with Crippen LogP contribution < -0.4 is 5.56 Å². The summed E-state index contributed by atoms with van der Waals surface area (Å²) < 4.78 is 1.19. The Morgan fingerprint density at radius 2 is 2.00 bits per heavy atom. The molecule has 0 aliphatic carbocycles. The van der Waals surface area contributed by atoms with Crippen molar-refractivity contribution in [2.24, 2.45) is 0 Å². The average molecular weight is 258 g/mol. The Kier molecular flexibility index (Phi) is 3.75. The van der Waals surface area contributed by atoms with E-state index in [1.165, 1.54) is 10.6 Å². The van der Waals surface area contributed by atoms with Crippen LogP contribution in [0.2, 0.25) is 0 Å². The smallest absolute Gasteiger partial charge is 0.323 e. The Morgan fingerprint density at radius 3 is 2.58 bits per heavy atom. The van der Waals surface area contributed by atoms with Crippen LogP contribution in [0.25, 0.3) is 11.3 Å². The van der Waals surface area contributed by atoms with Crippen LogP contribution in [0.3, 0.4) is 0 Å². The van der Waals surface area contributed by atoms with E-state index in [1.54, 1.807) is 0 Å². The molecule has 1 aromatic carbocycles. The third-order valence-electron chi connectivity index (χ3n) is 2.77. The molecule has 1 heterocycles. The lowest BCUT2D eigenvalue weighted by Crippen LogP contribution is -2.28. The second-order valence-corrected chi connectivity index (χ2v) is 4.10. The van der Waals surface area contributed by atoms with Gasteiger partial charge in [0.2, 0.25) is 0 Å². The highest BCUT2D eigenvalue weighted by Crippen LogP contribution is 2.15. The highest BCUT2D eigenvalue weighted by molar-refractivity contribution is 5.66. The molecule has 2 rings (SSSR count). The zero-order valence-corrected chi connectivity index (χ0v) is 10.5. The number of rotatable bonds is 4. The molecule has 1 aromatic heterocycles. The van der Waals surface area contributed by atoms with E-state index in [0.29, 0.717) is 17.9 Å². The van der Waals surface area contributed by atoms with Gasteiger partial charge in [-0.15, -0.1) is 0 Å². The van der Waals surface area contributed by atoms with Crippen LogP contribution in [-0.4, -0.2) is 20.6 Å². The Hall–Kier alpha value is -2.43. The minimum Gasteiger partial charge on any atom is -0.480 e. The van der Waals surface area contributed by atoms with Crippen LogP contribution in [0.15, 0.2) is 41.2 Å². The van der Waals surface area contributed by atoms with Crippen LogP contribution in [-0.2, 0) is 17.8 Å². The highest BCUT2D eigenvalue weighted by atomic mass is 16.4. The quantitative estimate of drug-likeness (QED) is 0.903. The average Bonchev–Trinajstić information content (AvgIpc) is 2.41. The maximum absolute atomic E-state index is 12.0. The SMILES string of the molecule is CCc1nc(-c2ccccc2)cc(=O)n1CC(=O)O. The number of hydrogen-bond acceptors (Lipinski definition) is 3. The van der Waals surface area contributed by atoms with Crippen molar-refractivity contribution < 1.29 is 9.90 Å². The molecular weight excluding hydrogens is 244 g/mol. The number of carbonyl (C=O) groups is 1. The molecule has 0 atom stereocenters. The Labute approximate surface area is 110 Å². The molecule has 0 radical (unpaired) electrons. The van der Waals surface area contributed by atoms with Gasteiger partial charge in [-0.25, -0.2) is 4.98 Å². The molecule has 0 spiro atoms. The number of benzene rings is 1. The molecule has 98 valence electrons. The Bertz CT molecular complexity index is 647. The Balaban J connectivity index is 2.54. The molecule has 0 fully saturated rings. The lowest BCUT2D eigenvalue weighted by molar-refractivity contribution is -0.137. The van der Waals surface area contributed by atoms with Crippen molar-refractivity contribution in [3.05, 3.63) is 52.6 Å². The van der Waals surface area contributed by atoms with Crippen molar-refractivity contribution in [1.29, 1.82) is 0 Å². The van der Waals surface area contributed by atoms with Gasteiger partial charge < -0.3 is 5.11 Å². The highest BCUT2D eigenvalue weighted by Gasteiger charge is 2.11. The van der Waals surface area contributed by atoms with E-state index in [4.69, 9.17) is 5.11 Å². The molecule has 0 unspecified atom stereocenters. The molecule has 0 aliphatic rings. The van der Waals surface area contributed by atoms with Crippen molar-refractivity contribution >= 4 is 5.97 Å². The van der Waals surface area contributed by atoms with Crippen molar-refractivity contribution in [3.63, 3.8) is 0 Å². The maximum atomic E-state index is 12.0. The van der Waals surface area contributed by atoms with Crippen molar-refractivity contribution in [2.75, 3.05) is 0 Å². The van der Waals surface area contributed by atoms with E-state index in [-0.39, 0.29) is 12.1 Å². The number of aryl methyl sites for hydroxylation is 1. The van der Waals surface area contributed by atoms with Crippen LogP contribution in [0.5, 0.6) is 0 Å². The number of carboxylic acids is 1.